The predicted octanol–water partition coefficient (Wildman–Crippen LogP) is 0.422. The molecule has 0 spiro atoms. The Kier molecular flexibility index (Phi) is 2.71. The second kappa shape index (κ2) is 3.46. The lowest BCUT2D eigenvalue weighted by Crippen LogP contribution is -2.44. The Bertz CT molecular complexity index is 234. The van der Waals surface area contributed by atoms with Gasteiger partial charge in [-0.15, -0.1) is 0 Å². The quantitative estimate of drug-likeness (QED) is 0.389. The summed E-state index contributed by atoms with van der Waals surface area (Å²) in [7, 11) is 0. The van der Waals surface area contributed by atoms with Crippen molar-refractivity contribution in [1.82, 2.24) is 0 Å². The molecule has 1 rings (SSSR count). The highest BCUT2D eigenvalue weighted by Gasteiger charge is 2.48. The van der Waals surface area contributed by atoms with Gasteiger partial charge in [0.2, 0.25) is 5.60 Å². The summed E-state index contributed by atoms with van der Waals surface area (Å²) in [6.45, 7) is 3.36. The lowest BCUT2D eigenvalue weighted by Gasteiger charge is -2.19. The summed E-state index contributed by atoms with van der Waals surface area (Å²) >= 11 is 0. The van der Waals surface area contributed by atoms with Crippen molar-refractivity contribution >= 4 is 11.8 Å². The van der Waals surface area contributed by atoms with Gasteiger partial charge in [-0.05, 0) is 26.7 Å². The Balaban J connectivity index is 2.69. The normalized spacial score (nSPS) is 28.2. The fourth-order valence-electron chi connectivity index (χ4n) is 1.38. The van der Waals surface area contributed by atoms with Crippen LogP contribution in [0.1, 0.15) is 33.1 Å². The third-order valence-electron chi connectivity index (χ3n) is 2.08. The van der Waals surface area contributed by atoms with Crippen molar-refractivity contribution < 1.29 is 19.4 Å². The van der Waals surface area contributed by atoms with Crippen LogP contribution in [0.5, 0.6) is 0 Å². The monoisotopic (exact) mass is 190 g/mol. The van der Waals surface area contributed by atoms with Gasteiger partial charge in [-0.1, -0.05) is 0 Å². The molecule has 0 amide bonds. The number of aliphatic hydroxyl groups is 1. The second-order valence-electron chi connectivity index (χ2n) is 3.59. The number of Topliss-reactive ketones (excluding diaryl/α,β-unsaturated/α-hetero) is 1. The van der Waals surface area contributed by atoms with Gasteiger partial charge < -0.3 is 9.84 Å². The maximum atomic E-state index is 11.3. The molecule has 4 heteroatoms. The molecule has 0 saturated heterocycles. The van der Waals surface area contributed by atoms with Crippen molar-refractivity contribution in [2.24, 2.45) is 0 Å². The average Bonchev–Trinajstić information content (AvgIpc) is 2.32. The van der Waals surface area contributed by atoms with E-state index in [9.17, 15) is 14.7 Å². The molecule has 0 aromatic heterocycles. The Morgan fingerprint density at radius 2 is 2.31 bits per heavy atom. The van der Waals surface area contributed by atoms with E-state index in [4.69, 9.17) is 4.74 Å². The SMILES string of the molecule is CC(C)OC(=O)C1([18OH])CCCC1=[18O]. The van der Waals surface area contributed by atoms with E-state index in [0.29, 0.717) is 6.42 Å². The van der Waals surface area contributed by atoms with Crippen molar-refractivity contribution in [3.8, 4) is 0 Å². The second-order valence-corrected chi connectivity index (χ2v) is 3.59. The predicted molar refractivity (Wildman–Crippen MR) is 45.0 cm³/mol. The highest BCUT2D eigenvalue weighted by Crippen LogP contribution is 2.27. The summed E-state index contributed by atoms with van der Waals surface area (Å²) < 4.78 is 4.80. The highest BCUT2D eigenvalue weighted by molar-refractivity contribution is 6.08. The minimum absolute atomic E-state index is 0.192. The smallest absolute Gasteiger partial charge is 0.346 e. The first kappa shape index (κ1) is 10.2. The molecule has 1 aliphatic rings. The first-order chi connectivity index (χ1) is 5.97. The standard InChI is InChI=1S/C9H14O4/c1-6(2)13-8(11)9(12)5-3-4-7(9)10/h6,12H,3-5H2,1-2H3/i10+2,12+2. The molecule has 0 radical (unpaired) electrons. The number of rotatable bonds is 2. The van der Waals surface area contributed by atoms with Crippen molar-refractivity contribution in [3.63, 3.8) is 0 Å². The van der Waals surface area contributed by atoms with E-state index in [0.717, 1.165) is 0 Å². The summed E-state index contributed by atoms with van der Waals surface area (Å²) in [4.78, 5) is 22.5. The fourth-order valence-corrected chi connectivity index (χ4v) is 1.38. The van der Waals surface area contributed by atoms with Gasteiger partial charge in [-0.2, -0.15) is 0 Å². The van der Waals surface area contributed by atoms with Gasteiger partial charge in [0.05, 0.1) is 6.10 Å². The molecule has 0 aliphatic heterocycles. The lowest BCUT2D eigenvalue weighted by molar-refractivity contribution is -0.171. The van der Waals surface area contributed by atoms with E-state index >= 15 is 0 Å². The van der Waals surface area contributed by atoms with Crippen LogP contribution in [0.3, 0.4) is 0 Å². The summed E-state index contributed by atoms with van der Waals surface area (Å²) in [5, 5.41) is 9.65. The molecular formula is C9H14O4. The summed E-state index contributed by atoms with van der Waals surface area (Å²) in [6, 6.07) is 0. The molecule has 0 aromatic carbocycles. The van der Waals surface area contributed by atoms with Crippen LogP contribution < -0.4 is 0 Å². The molecule has 1 unspecified atom stereocenters. The fraction of sp³-hybridized carbons (Fsp3) is 0.778. The summed E-state index contributed by atoms with van der Waals surface area (Å²) in [6.07, 6.45) is 0.716. The summed E-state index contributed by atoms with van der Waals surface area (Å²) in [5.41, 5.74) is -1.86. The van der Waals surface area contributed by atoms with Crippen molar-refractivity contribution in [1.29, 1.82) is 0 Å². The molecule has 1 aliphatic carbocycles. The minimum Gasteiger partial charge on any atom is -0.460 e. The van der Waals surface area contributed by atoms with E-state index < -0.39 is 17.4 Å². The molecule has 0 bridgehead atoms. The van der Waals surface area contributed by atoms with E-state index in [2.05, 4.69) is 0 Å². The van der Waals surface area contributed by atoms with Crippen molar-refractivity contribution in [3.05, 3.63) is 0 Å². The van der Waals surface area contributed by atoms with E-state index in [1.807, 2.05) is 0 Å². The number of esters is 1. The molecule has 13 heavy (non-hydrogen) atoms. The highest BCUT2D eigenvalue weighted by atomic mass is 18.2. The van der Waals surface area contributed by atoms with Crippen LogP contribution >= 0.6 is 0 Å². The van der Waals surface area contributed by atoms with Crippen molar-refractivity contribution in [2.75, 3.05) is 0 Å². The topological polar surface area (TPSA) is 63.6 Å². The Labute approximate surface area is 76.9 Å². The Morgan fingerprint density at radius 1 is 1.69 bits per heavy atom. The van der Waals surface area contributed by atoms with Gasteiger partial charge in [0, 0.05) is 6.42 Å². The zero-order valence-electron chi connectivity index (χ0n) is 7.87. The molecule has 0 aromatic rings. The van der Waals surface area contributed by atoms with Crippen molar-refractivity contribution in [2.45, 2.75) is 44.8 Å². The van der Waals surface area contributed by atoms with Crippen LogP contribution in [0.2, 0.25) is 0 Å². The Morgan fingerprint density at radius 3 is 2.69 bits per heavy atom. The molecule has 74 valence electrons. The van der Waals surface area contributed by atoms with E-state index in [1.165, 1.54) is 0 Å². The molecule has 1 N–H and O–H groups in total. The van der Waals surface area contributed by atoms with Crippen LogP contribution in [-0.2, 0) is 14.3 Å². The molecule has 1 atom stereocenters. The zero-order chi connectivity index (χ0) is 10.1. The number of ether oxygens (including phenoxy) is 1. The van der Waals surface area contributed by atoms with Gasteiger partial charge >= 0.3 is 5.97 Å². The van der Waals surface area contributed by atoms with Crippen LogP contribution in [0, 0.1) is 0 Å². The first-order valence-corrected chi connectivity index (χ1v) is 4.43. The average molecular weight is 190 g/mol. The third kappa shape index (κ3) is 1.88. The maximum absolute atomic E-state index is 11.3. The number of hydrogen-bond acceptors (Lipinski definition) is 4. The number of carbonyl (C=O) groups is 2. The van der Waals surface area contributed by atoms with Gasteiger partial charge in [0.1, 0.15) is 0 Å². The number of carbonyl (C=O) groups excluding carboxylic acids is 2. The zero-order valence-corrected chi connectivity index (χ0v) is 7.87. The minimum atomic E-state index is -1.86. The Hall–Kier alpha value is -0.900. The summed E-state index contributed by atoms with van der Waals surface area (Å²) in [5.74, 6) is -1.22. The molecular weight excluding hydrogens is 176 g/mol. The number of ketones is 1. The van der Waals surface area contributed by atoms with Crippen LogP contribution in [0.25, 0.3) is 0 Å². The molecule has 0 heterocycles. The molecule has 1 saturated carbocycles. The molecule has 4 nitrogen and oxygen atoms in total. The third-order valence-corrected chi connectivity index (χ3v) is 2.08. The van der Waals surface area contributed by atoms with Gasteiger partial charge in [0.25, 0.3) is 0 Å². The van der Waals surface area contributed by atoms with Crippen LogP contribution in [0.4, 0.5) is 0 Å². The first-order valence-electron chi connectivity index (χ1n) is 4.43. The number of hydrogen-bond donors (Lipinski definition) is 1. The van der Waals surface area contributed by atoms with Crippen LogP contribution in [0.15, 0.2) is 0 Å². The van der Waals surface area contributed by atoms with Gasteiger partial charge in [0.15, 0.2) is 5.78 Å². The van der Waals surface area contributed by atoms with E-state index in [-0.39, 0.29) is 18.9 Å². The molecule has 1 fully saturated rings. The van der Waals surface area contributed by atoms with Gasteiger partial charge in [-0.3, -0.25) is 4.79 Å². The lowest BCUT2D eigenvalue weighted by atomic mass is 10.0. The van der Waals surface area contributed by atoms with E-state index in [1.54, 1.807) is 13.8 Å². The largest absolute Gasteiger partial charge is 0.460 e. The van der Waals surface area contributed by atoms with Gasteiger partial charge in [-0.25, -0.2) is 4.79 Å². The van der Waals surface area contributed by atoms with Crippen LogP contribution in [-0.4, -0.2) is 28.6 Å². The maximum Gasteiger partial charge on any atom is 0.346 e.